The molecule has 0 bridgehead atoms. The van der Waals surface area contributed by atoms with Crippen molar-refractivity contribution in [3.05, 3.63) is 71.9 Å². The highest BCUT2D eigenvalue weighted by Gasteiger charge is 2.29. The van der Waals surface area contributed by atoms with Crippen LogP contribution in [-0.4, -0.2) is 46.0 Å². The van der Waals surface area contributed by atoms with E-state index < -0.39 is 30.0 Å². The first-order valence-corrected chi connectivity index (χ1v) is 11.9. The number of hydrogen-bond donors (Lipinski definition) is 5. The molecule has 0 spiro atoms. The van der Waals surface area contributed by atoms with E-state index in [0.29, 0.717) is 13.0 Å². The Bertz CT molecular complexity index is 1140. The summed E-state index contributed by atoms with van der Waals surface area (Å²) in [4.78, 5) is 41.1. The minimum atomic E-state index is -1.05. The molecule has 0 aliphatic heterocycles. The third-order valence-corrected chi connectivity index (χ3v) is 5.89. The first-order chi connectivity index (χ1) is 16.7. The molecule has 2 aromatic carbocycles. The zero-order chi connectivity index (χ0) is 25.4. The molecule has 2 amide bonds. The normalized spacial score (nSPS) is 13.8. The van der Waals surface area contributed by atoms with Crippen LogP contribution in [0.2, 0.25) is 0 Å². The van der Waals surface area contributed by atoms with Gasteiger partial charge in [-0.25, -0.2) is 0 Å². The molecule has 5 N–H and O–H groups in total. The van der Waals surface area contributed by atoms with Gasteiger partial charge in [-0.3, -0.25) is 19.7 Å². The van der Waals surface area contributed by atoms with Gasteiger partial charge in [-0.15, -0.1) is 0 Å². The molecule has 35 heavy (non-hydrogen) atoms. The van der Waals surface area contributed by atoms with Crippen LogP contribution in [0.1, 0.15) is 38.3 Å². The van der Waals surface area contributed by atoms with E-state index in [-0.39, 0.29) is 18.2 Å². The number of para-hydroxylation sites is 1. The van der Waals surface area contributed by atoms with E-state index in [9.17, 15) is 19.5 Å². The standard InChI is InChI=1S/C27H34N4O4/c1-17(2)13-23(25(32)29-15-19-9-5-4-6-10-19)31-26(33)24(30-18(3)27(34)35)14-20-16-28-22-12-8-7-11-21(20)22/h4-12,16-18,23-24,28,30H,13-15H2,1-3H3,(H,29,32)(H,31,33)(H,34,35)/t18-,23+,24+/m1/s1. The van der Waals surface area contributed by atoms with Gasteiger partial charge in [0.15, 0.2) is 0 Å². The number of fused-ring (bicyclic) bond motifs is 1. The van der Waals surface area contributed by atoms with E-state index in [1.54, 1.807) is 0 Å². The average molecular weight is 479 g/mol. The van der Waals surface area contributed by atoms with Crippen LogP contribution in [-0.2, 0) is 27.3 Å². The van der Waals surface area contributed by atoms with Crippen LogP contribution in [0.3, 0.4) is 0 Å². The number of carboxylic acids is 1. The summed E-state index contributed by atoms with van der Waals surface area (Å²) in [6.45, 7) is 5.82. The molecular weight excluding hydrogens is 444 g/mol. The number of rotatable bonds is 12. The van der Waals surface area contributed by atoms with Crippen LogP contribution in [0.15, 0.2) is 60.8 Å². The second-order valence-corrected chi connectivity index (χ2v) is 9.24. The van der Waals surface area contributed by atoms with E-state index in [1.165, 1.54) is 6.92 Å². The fourth-order valence-electron chi connectivity index (χ4n) is 4.00. The van der Waals surface area contributed by atoms with E-state index in [4.69, 9.17) is 0 Å². The average Bonchev–Trinajstić information content (AvgIpc) is 3.24. The van der Waals surface area contributed by atoms with Gasteiger partial charge in [-0.05, 0) is 42.9 Å². The summed E-state index contributed by atoms with van der Waals surface area (Å²) in [6.07, 6.45) is 2.56. The number of aromatic nitrogens is 1. The number of carboxylic acid groups (broad SMARTS) is 1. The number of amides is 2. The van der Waals surface area contributed by atoms with Gasteiger partial charge in [0.05, 0.1) is 6.04 Å². The molecule has 3 atom stereocenters. The maximum absolute atomic E-state index is 13.4. The summed E-state index contributed by atoms with van der Waals surface area (Å²) in [5.74, 6) is -1.57. The van der Waals surface area contributed by atoms with Crippen LogP contribution < -0.4 is 16.0 Å². The minimum Gasteiger partial charge on any atom is -0.480 e. The summed E-state index contributed by atoms with van der Waals surface area (Å²) >= 11 is 0. The van der Waals surface area contributed by atoms with Crippen molar-refractivity contribution in [1.29, 1.82) is 0 Å². The molecule has 0 saturated carbocycles. The molecule has 1 aromatic heterocycles. The van der Waals surface area contributed by atoms with Crippen molar-refractivity contribution in [3.63, 3.8) is 0 Å². The van der Waals surface area contributed by atoms with Crippen LogP contribution in [0, 0.1) is 5.92 Å². The Balaban J connectivity index is 1.76. The van der Waals surface area contributed by atoms with Crippen molar-refractivity contribution in [2.24, 2.45) is 5.92 Å². The molecule has 0 aliphatic carbocycles. The Labute approximate surface area is 205 Å². The molecule has 3 rings (SSSR count). The molecule has 0 aliphatic rings. The van der Waals surface area contributed by atoms with E-state index in [2.05, 4.69) is 20.9 Å². The third-order valence-electron chi connectivity index (χ3n) is 5.89. The summed E-state index contributed by atoms with van der Waals surface area (Å²) in [6, 6.07) is 14.8. The number of nitrogens with one attached hydrogen (secondary N) is 4. The van der Waals surface area contributed by atoms with Gasteiger partial charge in [0.1, 0.15) is 12.1 Å². The molecule has 0 radical (unpaired) electrons. The minimum absolute atomic E-state index is 0.167. The lowest BCUT2D eigenvalue weighted by Crippen LogP contribution is -2.56. The lowest BCUT2D eigenvalue weighted by Gasteiger charge is -2.25. The highest BCUT2D eigenvalue weighted by molar-refractivity contribution is 5.91. The molecule has 8 heteroatoms. The van der Waals surface area contributed by atoms with Crippen molar-refractivity contribution in [2.45, 2.75) is 58.3 Å². The topological polar surface area (TPSA) is 123 Å². The maximum Gasteiger partial charge on any atom is 0.320 e. The molecule has 186 valence electrons. The third kappa shape index (κ3) is 7.42. The lowest BCUT2D eigenvalue weighted by atomic mass is 10.0. The summed E-state index contributed by atoms with van der Waals surface area (Å²) in [5, 5.41) is 19.1. The number of H-pyrrole nitrogens is 1. The van der Waals surface area contributed by atoms with Gasteiger partial charge in [-0.1, -0.05) is 62.4 Å². The van der Waals surface area contributed by atoms with E-state index in [0.717, 1.165) is 22.0 Å². The van der Waals surface area contributed by atoms with Crippen molar-refractivity contribution in [2.75, 3.05) is 0 Å². The molecule has 0 saturated heterocycles. The second-order valence-electron chi connectivity index (χ2n) is 9.24. The second kappa shape index (κ2) is 12.2. The van der Waals surface area contributed by atoms with Gasteiger partial charge in [-0.2, -0.15) is 0 Å². The Morgan fingerprint density at radius 2 is 1.60 bits per heavy atom. The first-order valence-electron chi connectivity index (χ1n) is 11.9. The van der Waals surface area contributed by atoms with Crippen LogP contribution in [0.25, 0.3) is 10.9 Å². The van der Waals surface area contributed by atoms with Gasteiger partial charge >= 0.3 is 5.97 Å². The zero-order valence-corrected chi connectivity index (χ0v) is 20.4. The predicted molar refractivity (Wildman–Crippen MR) is 136 cm³/mol. The number of benzene rings is 2. The number of aromatic amines is 1. The van der Waals surface area contributed by atoms with Gasteiger partial charge in [0, 0.05) is 23.6 Å². The van der Waals surface area contributed by atoms with Crippen molar-refractivity contribution in [3.8, 4) is 0 Å². The Kier molecular flexibility index (Phi) is 9.03. The Morgan fingerprint density at radius 1 is 0.914 bits per heavy atom. The summed E-state index contributed by atoms with van der Waals surface area (Å²) in [5.41, 5.74) is 2.79. The maximum atomic E-state index is 13.4. The van der Waals surface area contributed by atoms with E-state index >= 15 is 0 Å². The van der Waals surface area contributed by atoms with Crippen molar-refractivity contribution in [1.82, 2.24) is 20.9 Å². The van der Waals surface area contributed by atoms with Gasteiger partial charge in [0.25, 0.3) is 0 Å². The number of carbonyl (C=O) groups excluding carboxylic acids is 2. The Hall–Kier alpha value is -3.65. The quantitative estimate of drug-likeness (QED) is 0.274. The monoisotopic (exact) mass is 478 g/mol. The van der Waals surface area contributed by atoms with Crippen molar-refractivity contribution < 1.29 is 19.5 Å². The number of hydrogen-bond acceptors (Lipinski definition) is 4. The fraction of sp³-hybridized carbons (Fsp3) is 0.370. The van der Waals surface area contributed by atoms with Crippen LogP contribution in [0.4, 0.5) is 0 Å². The highest BCUT2D eigenvalue weighted by atomic mass is 16.4. The molecule has 0 unspecified atom stereocenters. The SMILES string of the molecule is CC(C)C[C@H](NC(=O)[C@H](Cc1c[nH]c2ccccc12)N[C@H](C)C(=O)O)C(=O)NCc1ccccc1. The number of carbonyl (C=O) groups is 3. The van der Waals surface area contributed by atoms with E-state index in [1.807, 2.05) is 74.6 Å². The summed E-state index contributed by atoms with van der Waals surface area (Å²) in [7, 11) is 0. The summed E-state index contributed by atoms with van der Waals surface area (Å²) < 4.78 is 0. The van der Waals surface area contributed by atoms with Gasteiger partial charge in [0.2, 0.25) is 11.8 Å². The van der Waals surface area contributed by atoms with Gasteiger partial charge < -0.3 is 20.7 Å². The zero-order valence-electron chi connectivity index (χ0n) is 20.4. The Morgan fingerprint density at radius 3 is 2.29 bits per heavy atom. The smallest absolute Gasteiger partial charge is 0.320 e. The lowest BCUT2D eigenvalue weighted by molar-refractivity contribution is -0.139. The fourth-order valence-corrected chi connectivity index (χ4v) is 4.00. The molecule has 3 aromatic rings. The highest BCUT2D eigenvalue weighted by Crippen LogP contribution is 2.19. The number of aliphatic carboxylic acids is 1. The largest absolute Gasteiger partial charge is 0.480 e. The first kappa shape index (κ1) is 26.0. The molecule has 8 nitrogen and oxygen atoms in total. The predicted octanol–water partition coefficient (Wildman–Crippen LogP) is 2.99. The molecule has 1 heterocycles. The van der Waals surface area contributed by atoms with Crippen LogP contribution in [0.5, 0.6) is 0 Å². The molecular formula is C27H34N4O4. The molecule has 0 fully saturated rings. The van der Waals surface area contributed by atoms with Crippen molar-refractivity contribution >= 4 is 28.7 Å². The van der Waals surface area contributed by atoms with Crippen LogP contribution >= 0.6 is 0 Å².